The number of anilines is 2. The molecule has 0 saturated carbocycles. The zero-order chi connectivity index (χ0) is 15.4. The summed E-state index contributed by atoms with van der Waals surface area (Å²) in [6.45, 7) is 7.43. The highest BCUT2D eigenvalue weighted by molar-refractivity contribution is 5.44. The van der Waals surface area contributed by atoms with E-state index in [4.69, 9.17) is 4.74 Å². The van der Waals surface area contributed by atoms with Crippen LogP contribution in [0.5, 0.6) is 0 Å². The molecule has 6 heteroatoms. The van der Waals surface area contributed by atoms with Crippen LogP contribution in [0.1, 0.15) is 12.8 Å². The number of rotatable bonds is 4. The molecule has 2 fully saturated rings. The van der Waals surface area contributed by atoms with E-state index in [0.29, 0.717) is 0 Å². The molecule has 0 amide bonds. The zero-order valence-corrected chi connectivity index (χ0v) is 13.7. The smallest absolute Gasteiger partial charge is 0.151 e. The van der Waals surface area contributed by atoms with E-state index in [1.165, 1.54) is 19.4 Å². The van der Waals surface area contributed by atoms with Gasteiger partial charge in [0.25, 0.3) is 0 Å². The van der Waals surface area contributed by atoms with Gasteiger partial charge in [0, 0.05) is 60.0 Å². The quantitative estimate of drug-likeness (QED) is 0.830. The first kappa shape index (κ1) is 15.5. The van der Waals surface area contributed by atoms with E-state index in [2.05, 4.69) is 26.1 Å². The van der Waals surface area contributed by atoms with Crippen molar-refractivity contribution in [2.45, 2.75) is 12.8 Å². The van der Waals surface area contributed by atoms with Crippen molar-refractivity contribution in [2.24, 2.45) is 5.92 Å². The van der Waals surface area contributed by atoms with Crippen LogP contribution in [0, 0.1) is 5.92 Å². The molecule has 0 spiro atoms. The molecule has 2 saturated heterocycles. The van der Waals surface area contributed by atoms with Gasteiger partial charge in [-0.2, -0.15) is 0 Å². The van der Waals surface area contributed by atoms with E-state index in [1.807, 2.05) is 25.1 Å². The average Bonchev–Trinajstić information content (AvgIpc) is 2.57. The molecular formula is C16H27N5O. The van der Waals surface area contributed by atoms with Gasteiger partial charge in [-0.15, -0.1) is 10.2 Å². The SMILES string of the molecule is CN(C)c1ccc(N2CCN(CC3CCOCC3)CC2)nn1. The fourth-order valence-corrected chi connectivity index (χ4v) is 3.18. The zero-order valence-electron chi connectivity index (χ0n) is 13.7. The van der Waals surface area contributed by atoms with Gasteiger partial charge in [-0.25, -0.2) is 0 Å². The van der Waals surface area contributed by atoms with Crippen molar-refractivity contribution < 1.29 is 4.74 Å². The minimum Gasteiger partial charge on any atom is -0.381 e. The van der Waals surface area contributed by atoms with Crippen molar-refractivity contribution in [3.05, 3.63) is 12.1 Å². The predicted octanol–water partition coefficient (Wildman–Crippen LogP) is 1.09. The minimum atomic E-state index is 0.819. The molecule has 0 N–H and O–H groups in total. The van der Waals surface area contributed by atoms with E-state index in [1.54, 1.807) is 0 Å². The number of hydrogen-bond donors (Lipinski definition) is 0. The van der Waals surface area contributed by atoms with E-state index in [0.717, 1.165) is 56.9 Å². The predicted molar refractivity (Wildman–Crippen MR) is 88.6 cm³/mol. The van der Waals surface area contributed by atoms with E-state index < -0.39 is 0 Å². The second-order valence-corrected chi connectivity index (χ2v) is 6.49. The highest BCUT2D eigenvalue weighted by atomic mass is 16.5. The molecule has 0 atom stereocenters. The molecule has 0 unspecified atom stereocenters. The molecule has 0 aliphatic carbocycles. The third-order valence-electron chi connectivity index (χ3n) is 4.65. The molecular weight excluding hydrogens is 278 g/mol. The molecule has 1 aromatic heterocycles. The summed E-state index contributed by atoms with van der Waals surface area (Å²) in [5.74, 6) is 2.72. The highest BCUT2D eigenvalue weighted by Gasteiger charge is 2.22. The molecule has 6 nitrogen and oxygen atoms in total. The first-order chi connectivity index (χ1) is 10.7. The summed E-state index contributed by atoms with van der Waals surface area (Å²) in [6, 6.07) is 4.12. The lowest BCUT2D eigenvalue weighted by Crippen LogP contribution is -2.48. The third kappa shape index (κ3) is 3.87. The second kappa shape index (κ2) is 7.24. The summed E-state index contributed by atoms with van der Waals surface area (Å²) in [5.41, 5.74) is 0. The van der Waals surface area contributed by atoms with Crippen molar-refractivity contribution in [3.8, 4) is 0 Å². The first-order valence-corrected chi connectivity index (χ1v) is 8.28. The molecule has 3 heterocycles. The maximum atomic E-state index is 5.44. The maximum absolute atomic E-state index is 5.44. The molecule has 0 radical (unpaired) electrons. The van der Waals surface area contributed by atoms with E-state index >= 15 is 0 Å². The van der Waals surface area contributed by atoms with Crippen LogP contribution < -0.4 is 9.80 Å². The summed E-state index contributed by atoms with van der Waals surface area (Å²) in [6.07, 6.45) is 2.44. The molecule has 122 valence electrons. The van der Waals surface area contributed by atoms with Crippen LogP contribution in [-0.4, -0.2) is 75.1 Å². The van der Waals surface area contributed by atoms with Crippen LogP contribution in [0.2, 0.25) is 0 Å². The molecule has 0 bridgehead atoms. The lowest BCUT2D eigenvalue weighted by Gasteiger charge is -2.37. The Morgan fingerprint density at radius 3 is 2.41 bits per heavy atom. The molecule has 3 rings (SSSR count). The molecule has 2 aliphatic rings. The van der Waals surface area contributed by atoms with Gasteiger partial charge in [0.1, 0.15) is 0 Å². The van der Waals surface area contributed by atoms with Crippen molar-refractivity contribution >= 4 is 11.6 Å². The Kier molecular flexibility index (Phi) is 5.10. The Hall–Kier alpha value is -1.40. The van der Waals surface area contributed by atoms with Crippen molar-refractivity contribution in [3.63, 3.8) is 0 Å². The lowest BCUT2D eigenvalue weighted by molar-refractivity contribution is 0.0517. The number of aromatic nitrogens is 2. The summed E-state index contributed by atoms with van der Waals surface area (Å²) in [5, 5.41) is 8.64. The van der Waals surface area contributed by atoms with Crippen LogP contribution in [0.15, 0.2) is 12.1 Å². The second-order valence-electron chi connectivity index (χ2n) is 6.49. The number of hydrogen-bond acceptors (Lipinski definition) is 6. The van der Waals surface area contributed by atoms with E-state index in [-0.39, 0.29) is 0 Å². The fourth-order valence-electron chi connectivity index (χ4n) is 3.18. The minimum absolute atomic E-state index is 0.819. The lowest BCUT2D eigenvalue weighted by atomic mass is 9.99. The van der Waals surface area contributed by atoms with Gasteiger partial charge in [-0.1, -0.05) is 0 Å². The first-order valence-electron chi connectivity index (χ1n) is 8.28. The summed E-state index contributed by atoms with van der Waals surface area (Å²) in [7, 11) is 3.97. The Morgan fingerprint density at radius 1 is 1.09 bits per heavy atom. The Morgan fingerprint density at radius 2 is 1.82 bits per heavy atom. The summed E-state index contributed by atoms with van der Waals surface area (Å²) in [4.78, 5) is 6.91. The Balaban J connectivity index is 1.48. The maximum Gasteiger partial charge on any atom is 0.151 e. The van der Waals surface area contributed by atoms with Gasteiger partial charge < -0.3 is 14.5 Å². The van der Waals surface area contributed by atoms with Gasteiger partial charge in [-0.3, -0.25) is 4.90 Å². The Bertz CT molecular complexity index is 450. The van der Waals surface area contributed by atoms with Crippen LogP contribution in [-0.2, 0) is 4.74 Å². The van der Waals surface area contributed by atoms with Gasteiger partial charge in [0.2, 0.25) is 0 Å². The highest BCUT2D eigenvalue weighted by Crippen LogP contribution is 2.19. The average molecular weight is 305 g/mol. The number of piperazine rings is 1. The topological polar surface area (TPSA) is 44.7 Å². The van der Waals surface area contributed by atoms with Crippen LogP contribution in [0.4, 0.5) is 11.6 Å². The standard InChI is InChI=1S/C16H27N5O/c1-19(2)15-3-4-16(18-17-15)21-9-7-20(8-10-21)13-14-5-11-22-12-6-14/h3-4,14H,5-13H2,1-2H3. The normalized spacial score (nSPS) is 21.1. The van der Waals surface area contributed by atoms with Crippen molar-refractivity contribution in [1.29, 1.82) is 0 Å². The summed E-state index contributed by atoms with van der Waals surface area (Å²) >= 11 is 0. The van der Waals surface area contributed by atoms with Crippen LogP contribution in [0.25, 0.3) is 0 Å². The van der Waals surface area contributed by atoms with Gasteiger partial charge in [0.05, 0.1) is 0 Å². The fraction of sp³-hybridized carbons (Fsp3) is 0.750. The van der Waals surface area contributed by atoms with Crippen LogP contribution >= 0.6 is 0 Å². The van der Waals surface area contributed by atoms with Crippen molar-refractivity contribution in [2.75, 3.05) is 69.8 Å². The number of nitrogens with zero attached hydrogens (tertiary/aromatic N) is 5. The number of ether oxygens (including phenoxy) is 1. The molecule has 0 aromatic carbocycles. The Labute approximate surface area is 133 Å². The van der Waals surface area contributed by atoms with Crippen molar-refractivity contribution in [1.82, 2.24) is 15.1 Å². The largest absolute Gasteiger partial charge is 0.381 e. The molecule has 2 aliphatic heterocycles. The van der Waals surface area contributed by atoms with Crippen LogP contribution in [0.3, 0.4) is 0 Å². The van der Waals surface area contributed by atoms with Gasteiger partial charge in [-0.05, 0) is 30.9 Å². The molecule has 22 heavy (non-hydrogen) atoms. The monoisotopic (exact) mass is 305 g/mol. The van der Waals surface area contributed by atoms with Gasteiger partial charge in [0.15, 0.2) is 11.6 Å². The summed E-state index contributed by atoms with van der Waals surface area (Å²) < 4.78 is 5.44. The molecule has 1 aromatic rings. The third-order valence-corrected chi connectivity index (χ3v) is 4.65. The van der Waals surface area contributed by atoms with Gasteiger partial charge >= 0.3 is 0 Å². The van der Waals surface area contributed by atoms with E-state index in [9.17, 15) is 0 Å².